The maximum Gasteiger partial charge on any atom is 0.329 e. The summed E-state index contributed by atoms with van der Waals surface area (Å²) >= 11 is 1.43. The van der Waals surface area contributed by atoms with Crippen LogP contribution in [0.2, 0.25) is 0 Å². The number of carboxylic acid groups (broad SMARTS) is 1. The largest absolute Gasteiger partial charge is 0.480 e. The Bertz CT molecular complexity index is 953. The van der Waals surface area contributed by atoms with Crippen LogP contribution in [-0.4, -0.2) is 36.1 Å². The monoisotopic (exact) mass is 430 g/mol. The second-order valence-corrected chi connectivity index (χ2v) is 8.59. The standard InChI is InChI=1S/C22H26N2O5S/c1-3-14-7-8-16-17(10-14)30-22(24-18(25)11-29-12-19(26)27)20(16)21(28)23-15-6-4-5-13(2)9-15/h4-6,9,14H,3,7-8,10-12H2,1-2H3,(H,23,28)(H,24,25)(H,26,27)/t14-/m0/s1. The lowest BCUT2D eigenvalue weighted by Crippen LogP contribution is -2.23. The first kappa shape index (κ1) is 22.0. The summed E-state index contributed by atoms with van der Waals surface area (Å²) in [6.45, 7) is 3.19. The summed E-state index contributed by atoms with van der Waals surface area (Å²) in [6.07, 6.45) is 3.78. The van der Waals surface area contributed by atoms with Gasteiger partial charge in [-0.1, -0.05) is 25.5 Å². The number of fused-ring (bicyclic) bond motifs is 1. The SMILES string of the molecule is CC[C@H]1CCc2c(sc(NC(=O)COCC(=O)O)c2C(=O)Nc2cccc(C)c2)C1. The Morgan fingerprint density at radius 1 is 1.23 bits per heavy atom. The number of hydrogen-bond donors (Lipinski definition) is 3. The fourth-order valence-corrected chi connectivity index (χ4v) is 5.02. The van der Waals surface area contributed by atoms with Crippen molar-refractivity contribution in [2.24, 2.45) is 5.92 Å². The number of aryl methyl sites for hydroxylation is 1. The van der Waals surface area contributed by atoms with Crippen molar-refractivity contribution < 1.29 is 24.2 Å². The summed E-state index contributed by atoms with van der Waals surface area (Å²) in [5.41, 5.74) is 3.23. The zero-order chi connectivity index (χ0) is 21.7. The van der Waals surface area contributed by atoms with Gasteiger partial charge in [0.05, 0.1) is 5.56 Å². The zero-order valence-corrected chi connectivity index (χ0v) is 17.9. The second-order valence-electron chi connectivity index (χ2n) is 7.48. The first-order chi connectivity index (χ1) is 14.4. The quantitative estimate of drug-likeness (QED) is 0.590. The van der Waals surface area contributed by atoms with Crippen LogP contribution in [0.5, 0.6) is 0 Å². The lowest BCUT2D eigenvalue weighted by atomic mass is 9.85. The molecule has 3 N–H and O–H groups in total. The van der Waals surface area contributed by atoms with E-state index in [0.717, 1.165) is 41.7 Å². The van der Waals surface area contributed by atoms with Crippen LogP contribution < -0.4 is 10.6 Å². The van der Waals surface area contributed by atoms with Crippen LogP contribution in [0.4, 0.5) is 10.7 Å². The van der Waals surface area contributed by atoms with Crippen LogP contribution >= 0.6 is 11.3 Å². The van der Waals surface area contributed by atoms with Gasteiger partial charge in [-0.15, -0.1) is 11.3 Å². The lowest BCUT2D eigenvalue weighted by molar-refractivity contribution is -0.143. The third-order valence-electron chi connectivity index (χ3n) is 5.16. The fourth-order valence-electron chi connectivity index (χ4n) is 3.64. The average Bonchev–Trinajstić information content (AvgIpc) is 3.04. The molecule has 0 saturated heterocycles. The van der Waals surface area contributed by atoms with Gasteiger partial charge in [-0.2, -0.15) is 0 Å². The normalized spacial score (nSPS) is 15.3. The number of hydrogen-bond acceptors (Lipinski definition) is 5. The number of ether oxygens (including phenoxy) is 1. The number of anilines is 2. The first-order valence-corrected chi connectivity index (χ1v) is 10.8. The summed E-state index contributed by atoms with van der Waals surface area (Å²) in [5.74, 6) is -1.30. The third kappa shape index (κ3) is 5.46. The van der Waals surface area contributed by atoms with Crippen molar-refractivity contribution in [3.8, 4) is 0 Å². The minimum Gasteiger partial charge on any atom is -0.480 e. The Labute approximate surface area is 179 Å². The molecule has 0 spiro atoms. The molecule has 0 radical (unpaired) electrons. The highest BCUT2D eigenvalue weighted by Gasteiger charge is 2.29. The molecular formula is C22H26N2O5S. The molecule has 0 saturated carbocycles. The fraction of sp³-hybridized carbons (Fsp3) is 0.409. The molecule has 0 aliphatic heterocycles. The van der Waals surface area contributed by atoms with Crippen molar-refractivity contribution in [3.63, 3.8) is 0 Å². The van der Waals surface area contributed by atoms with E-state index in [-0.39, 0.29) is 12.5 Å². The van der Waals surface area contributed by atoms with Crippen molar-refractivity contribution in [2.45, 2.75) is 39.5 Å². The minimum absolute atomic E-state index is 0.255. The van der Waals surface area contributed by atoms with Crippen LogP contribution in [0.15, 0.2) is 24.3 Å². The van der Waals surface area contributed by atoms with Crippen molar-refractivity contribution in [1.29, 1.82) is 0 Å². The Morgan fingerprint density at radius 3 is 2.73 bits per heavy atom. The summed E-state index contributed by atoms with van der Waals surface area (Å²) in [5, 5.41) is 14.8. The molecule has 1 aliphatic rings. The van der Waals surface area contributed by atoms with E-state index in [4.69, 9.17) is 9.84 Å². The number of thiophene rings is 1. The highest BCUT2D eigenvalue weighted by molar-refractivity contribution is 7.17. The Morgan fingerprint density at radius 2 is 2.03 bits per heavy atom. The van der Waals surface area contributed by atoms with Crippen LogP contribution in [0, 0.1) is 12.8 Å². The van der Waals surface area contributed by atoms with Crippen LogP contribution in [0.1, 0.15) is 46.1 Å². The Hall–Kier alpha value is -2.71. The van der Waals surface area contributed by atoms with Crippen molar-refractivity contribution in [3.05, 3.63) is 45.8 Å². The molecule has 1 aromatic carbocycles. The van der Waals surface area contributed by atoms with Gasteiger partial charge < -0.3 is 20.5 Å². The second kappa shape index (κ2) is 9.86. The molecule has 1 aromatic heterocycles. The van der Waals surface area contributed by atoms with E-state index in [1.54, 1.807) is 0 Å². The molecule has 0 fully saturated rings. The molecule has 3 rings (SSSR count). The van der Waals surface area contributed by atoms with Crippen molar-refractivity contribution in [1.82, 2.24) is 0 Å². The van der Waals surface area contributed by atoms with E-state index in [1.165, 1.54) is 11.3 Å². The maximum atomic E-state index is 13.2. The summed E-state index contributed by atoms with van der Waals surface area (Å²) in [7, 11) is 0. The van der Waals surface area contributed by atoms with Gasteiger partial charge in [-0.3, -0.25) is 9.59 Å². The molecule has 0 bridgehead atoms. The Balaban J connectivity index is 1.83. The van der Waals surface area contributed by atoms with Gasteiger partial charge >= 0.3 is 5.97 Å². The molecule has 1 aliphatic carbocycles. The molecule has 0 unspecified atom stereocenters. The molecular weight excluding hydrogens is 404 g/mol. The molecule has 2 aromatic rings. The lowest BCUT2D eigenvalue weighted by Gasteiger charge is -2.21. The van der Waals surface area contributed by atoms with Gasteiger partial charge in [0, 0.05) is 10.6 Å². The topological polar surface area (TPSA) is 105 Å². The highest BCUT2D eigenvalue weighted by atomic mass is 32.1. The van der Waals surface area contributed by atoms with Gasteiger partial charge in [0.25, 0.3) is 11.8 Å². The number of carboxylic acids is 1. The number of nitrogens with one attached hydrogen (secondary N) is 2. The molecule has 1 heterocycles. The van der Waals surface area contributed by atoms with Gasteiger partial charge in [-0.25, -0.2) is 4.79 Å². The van der Waals surface area contributed by atoms with Crippen LogP contribution in [0.25, 0.3) is 0 Å². The predicted molar refractivity (Wildman–Crippen MR) is 116 cm³/mol. The highest BCUT2D eigenvalue weighted by Crippen LogP contribution is 2.40. The number of benzene rings is 1. The number of carbonyl (C=O) groups is 3. The smallest absolute Gasteiger partial charge is 0.329 e. The van der Waals surface area contributed by atoms with E-state index in [9.17, 15) is 14.4 Å². The molecule has 30 heavy (non-hydrogen) atoms. The van der Waals surface area contributed by atoms with E-state index in [1.807, 2.05) is 31.2 Å². The number of aliphatic carboxylic acids is 1. The minimum atomic E-state index is -1.14. The first-order valence-electron chi connectivity index (χ1n) is 9.99. The molecule has 2 amide bonds. The molecule has 1 atom stereocenters. The number of rotatable bonds is 8. The molecule has 8 heteroatoms. The Kier molecular flexibility index (Phi) is 7.23. The van der Waals surface area contributed by atoms with Gasteiger partial charge in [0.15, 0.2) is 0 Å². The van der Waals surface area contributed by atoms with Crippen LogP contribution in [-0.2, 0) is 27.2 Å². The third-order valence-corrected chi connectivity index (χ3v) is 6.33. The van der Waals surface area contributed by atoms with E-state index >= 15 is 0 Å². The summed E-state index contributed by atoms with van der Waals surface area (Å²) < 4.78 is 4.87. The van der Waals surface area contributed by atoms with Crippen LogP contribution in [0.3, 0.4) is 0 Å². The average molecular weight is 431 g/mol. The predicted octanol–water partition coefficient (Wildman–Crippen LogP) is 3.86. The van der Waals surface area contributed by atoms with E-state index in [0.29, 0.717) is 22.2 Å². The van der Waals surface area contributed by atoms with Crippen molar-refractivity contribution >= 4 is 39.8 Å². The number of amides is 2. The zero-order valence-electron chi connectivity index (χ0n) is 17.1. The summed E-state index contributed by atoms with van der Waals surface area (Å²) in [4.78, 5) is 37.1. The number of carbonyl (C=O) groups excluding carboxylic acids is 2. The van der Waals surface area contributed by atoms with Gasteiger partial charge in [0.1, 0.15) is 18.2 Å². The molecule has 7 nitrogen and oxygen atoms in total. The maximum absolute atomic E-state index is 13.2. The molecule has 160 valence electrons. The van der Waals surface area contributed by atoms with Gasteiger partial charge in [0.2, 0.25) is 0 Å². The van der Waals surface area contributed by atoms with Gasteiger partial charge in [-0.05, 0) is 55.4 Å². The van der Waals surface area contributed by atoms with Crippen molar-refractivity contribution in [2.75, 3.05) is 23.8 Å². The van der Waals surface area contributed by atoms with E-state index in [2.05, 4.69) is 17.6 Å². The summed E-state index contributed by atoms with van der Waals surface area (Å²) in [6, 6.07) is 7.55. The van der Waals surface area contributed by atoms with E-state index < -0.39 is 18.5 Å².